The number of carbonyl (C=O) groups excluding carboxylic acids is 2. The Bertz CT molecular complexity index is 1190. The fourth-order valence-corrected chi connectivity index (χ4v) is 3.75. The summed E-state index contributed by atoms with van der Waals surface area (Å²) in [7, 11) is 1.46. The van der Waals surface area contributed by atoms with Gasteiger partial charge in [-0.2, -0.15) is 18.3 Å². The number of amides is 2. The summed E-state index contributed by atoms with van der Waals surface area (Å²) in [6.07, 6.45) is -1.64. The molecule has 1 aliphatic rings. The molecule has 0 aliphatic carbocycles. The van der Waals surface area contributed by atoms with Gasteiger partial charge in [0.1, 0.15) is 5.69 Å². The third kappa shape index (κ3) is 3.54. The van der Waals surface area contributed by atoms with Gasteiger partial charge in [0.2, 0.25) is 0 Å². The molecule has 12 heteroatoms. The number of rotatable bonds is 3. The smallest absolute Gasteiger partial charge is 0.352 e. The van der Waals surface area contributed by atoms with Crippen LogP contribution in [-0.4, -0.2) is 45.2 Å². The minimum atomic E-state index is -4.59. The fourth-order valence-electron chi connectivity index (χ4n) is 3.47. The number of imidazole rings is 1. The number of nitrogens with one attached hydrogen (secondary N) is 2. The second kappa shape index (κ2) is 7.41. The molecule has 31 heavy (non-hydrogen) atoms. The molecule has 1 aliphatic heterocycles. The van der Waals surface area contributed by atoms with Crippen LogP contribution in [0.1, 0.15) is 39.6 Å². The van der Waals surface area contributed by atoms with Crippen LogP contribution in [-0.2, 0) is 6.18 Å². The Kier molecular flexibility index (Phi) is 5.00. The van der Waals surface area contributed by atoms with Crippen LogP contribution in [0.5, 0.6) is 0 Å². The summed E-state index contributed by atoms with van der Waals surface area (Å²) in [5.41, 5.74) is 0.212. The molecule has 1 atom stereocenters. The molecular weight excluding hydrogens is 437 g/mol. The molecule has 162 valence electrons. The van der Waals surface area contributed by atoms with E-state index in [1.54, 1.807) is 0 Å². The van der Waals surface area contributed by atoms with E-state index in [0.29, 0.717) is 11.3 Å². The molecule has 8 nitrogen and oxygen atoms in total. The Morgan fingerprint density at radius 1 is 1.35 bits per heavy atom. The summed E-state index contributed by atoms with van der Waals surface area (Å²) in [6, 6.07) is 2.92. The molecule has 1 unspecified atom stereocenters. The van der Waals surface area contributed by atoms with Gasteiger partial charge in [-0.25, -0.2) is 4.98 Å². The average Bonchev–Trinajstić information content (AvgIpc) is 3.36. The topological polar surface area (TPSA) is 95.9 Å². The lowest BCUT2D eigenvalue weighted by Gasteiger charge is -2.32. The first kappa shape index (κ1) is 20.9. The number of hydrogen-bond acceptors (Lipinski definition) is 4. The van der Waals surface area contributed by atoms with Gasteiger partial charge in [0.05, 0.1) is 34.1 Å². The van der Waals surface area contributed by atoms with E-state index in [1.165, 1.54) is 35.1 Å². The molecule has 0 saturated carbocycles. The molecule has 4 rings (SSSR count). The predicted octanol–water partition coefficient (Wildman–Crippen LogP) is 3.53. The van der Waals surface area contributed by atoms with Crippen molar-refractivity contribution >= 4 is 29.1 Å². The van der Waals surface area contributed by atoms with Crippen LogP contribution in [0.15, 0.2) is 30.6 Å². The molecule has 3 aromatic rings. The zero-order valence-electron chi connectivity index (χ0n) is 16.3. The lowest BCUT2D eigenvalue weighted by Crippen LogP contribution is -2.42. The quantitative estimate of drug-likeness (QED) is 0.635. The van der Waals surface area contributed by atoms with E-state index in [2.05, 4.69) is 20.4 Å². The zero-order chi connectivity index (χ0) is 22.5. The van der Waals surface area contributed by atoms with Crippen molar-refractivity contribution in [3.63, 3.8) is 0 Å². The first-order chi connectivity index (χ1) is 14.6. The number of hydrogen-bond donors (Lipinski definition) is 2. The van der Waals surface area contributed by atoms with Crippen LogP contribution >= 0.6 is 11.6 Å². The molecule has 3 heterocycles. The maximum atomic E-state index is 13.3. The highest BCUT2D eigenvalue weighted by molar-refractivity contribution is 6.31. The van der Waals surface area contributed by atoms with Gasteiger partial charge in [0, 0.05) is 25.5 Å². The van der Waals surface area contributed by atoms with E-state index in [9.17, 15) is 22.8 Å². The third-order valence-corrected chi connectivity index (χ3v) is 5.29. The van der Waals surface area contributed by atoms with Crippen molar-refractivity contribution < 1.29 is 22.8 Å². The molecule has 2 N–H and O–H groups in total. The van der Waals surface area contributed by atoms with Crippen molar-refractivity contribution in [2.24, 2.45) is 0 Å². The number of H-pyrrole nitrogens is 1. The SMILES string of the molecule is CNC(=O)c1nc(-c2cnn3c2C(=O)N(c2ccc(C(F)(F)F)c(Cl)c2)CC3C)c[nH]1. The van der Waals surface area contributed by atoms with E-state index in [0.717, 1.165) is 12.1 Å². The second-order valence-electron chi connectivity index (χ2n) is 6.99. The van der Waals surface area contributed by atoms with Gasteiger partial charge in [-0.3, -0.25) is 14.3 Å². The summed E-state index contributed by atoms with van der Waals surface area (Å²) < 4.78 is 40.6. The first-order valence-electron chi connectivity index (χ1n) is 9.15. The van der Waals surface area contributed by atoms with Crippen LogP contribution in [0, 0.1) is 0 Å². The Hall–Kier alpha value is -3.34. The molecule has 0 radical (unpaired) electrons. The highest BCUT2D eigenvalue weighted by Crippen LogP contribution is 2.38. The Balaban J connectivity index is 1.74. The Morgan fingerprint density at radius 2 is 2.10 bits per heavy atom. The second-order valence-corrected chi connectivity index (χ2v) is 7.40. The van der Waals surface area contributed by atoms with Crippen LogP contribution in [0.3, 0.4) is 0 Å². The maximum Gasteiger partial charge on any atom is 0.417 e. The number of fused-ring (bicyclic) bond motifs is 1. The van der Waals surface area contributed by atoms with Crippen molar-refractivity contribution in [3.05, 3.63) is 52.7 Å². The molecule has 2 aromatic heterocycles. The number of nitrogens with zero attached hydrogens (tertiary/aromatic N) is 4. The predicted molar refractivity (Wildman–Crippen MR) is 106 cm³/mol. The molecule has 2 amide bonds. The maximum absolute atomic E-state index is 13.3. The van der Waals surface area contributed by atoms with Gasteiger partial charge in [0.25, 0.3) is 11.8 Å². The standard InChI is InChI=1S/C19H16ClF3N6O2/c1-9-8-28(10-3-4-12(13(20)5-10)19(21,22)23)18(31)15-11(6-26-29(9)15)14-7-25-16(27-14)17(30)24-2/h3-7,9H,8H2,1-2H3,(H,24,30)(H,25,27). The summed E-state index contributed by atoms with van der Waals surface area (Å²) >= 11 is 5.84. The number of halogens is 4. The normalized spacial score (nSPS) is 16.4. The van der Waals surface area contributed by atoms with Gasteiger partial charge >= 0.3 is 6.18 Å². The van der Waals surface area contributed by atoms with E-state index in [-0.39, 0.29) is 29.8 Å². The van der Waals surface area contributed by atoms with Gasteiger partial charge < -0.3 is 15.2 Å². The lowest BCUT2D eigenvalue weighted by molar-refractivity contribution is -0.137. The van der Waals surface area contributed by atoms with Crippen molar-refractivity contribution in [1.82, 2.24) is 25.1 Å². The van der Waals surface area contributed by atoms with Crippen LogP contribution in [0.4, 0.5) is 18.9 Å². The number of aromatic amines is 1. The van der Waals surface area contributed by atoms with Gasteiger partial charge in [-0.05, 0) is 25.1 Å². The van der Waals surface area contributed by atoms with Crippen LogP contribution in [0.2, 0.25) is 5.02 Å². The molecule has 0 saturated heterocycles. The molecule has 1 aromatic carbocycles. The number of carbonyl (C=O) groups is 2. The van der Waals surface area contributed by atoms with Crippen LogP contribution in [0.25, 0.3) is 11.3 Å². The molecule has 0 fully saturated rings. The summed E-state index contributed by atoms with van der Waals surface area (Å²) in [6.45, 7) is 2.02. The molecule has 0 spiro atoms. The van der Waals surface area contributed by atoms with Crippen LogP contribution < -0.4 is 10.2 Å². The number of benzene rings is 1. The van der Waals surface area contributed by atoms with E-state index >= 15 is 0 Å². The first-order valence-corrected chi connectivity index (χ1v) is 9.53. The Labute approximate surface area is 179 Å². The minimum absolute atomic E-state index is 0.0696. The van der Waals surface area contributed by atoms with Crippen molar-refractivity contribution in [1.29, 1.82) is 0 Å². The average molecular weight is 453 g/mol. The highest BCUT2D eigenvalue weighted by Gasteiger charge is 2.37. The molecular formula is C19H16ClF3N6O2. The van der Waals surface area contributed by atoms with Crippen molar-refractivity contribution in [2.75, 3.05) is 18.5 Å². The minimum Gasteiger partial charge on any atom is -0.352 e. The number of aromatic nitrogens is 4. The fraction of sp³-hybridized carbons (Fsp3) is 0.263. The zero-order valence-corrected chi connectivity index (χ0v) is 17.0. The van der Waals surface area contributed by atoms with E-state index < -0.39 is 28.6 Å². The highest BCUT2D eigenvalue weighted by atomic mass is 35.5. The summed E-state index contributed by atoms with van der Waals surface area (Å²) in [5.74, 6) is -0.820. The summed E-state index contributed by atoms with van der Waals surface area (Å²) in [4.78, 5) is 33.4. The van der Waals surface area contributed by atoms with Crippen molar-refractivity contribution in [3.8, 4) is 11.3 Å². The number of anilines is 1. The molecule has 0 bridgehead atoms. The van der Waals surface area contributed by atoms with E-state index in [1.807, 2.05) is 6.92 Å². The monoisotopic (exact) mass is 452 g/mol. The van der Waals surface area contributed by atoms with Gasteiger partial charge in [-0.15, -0.1) is 0 Å². The largest absolute Gasteiger partial charge is 0.417 e. The van der Waals surface area contributed by atoms with Gasteiger partial charge in [0.15, 0.2) is 5.82 Å². The van der Waals surface area contributed by atoms with E-state index in [4.69, 9.17) is 11.6 Å². The Morgan fingerprint density at radius 3 is 2.74 bits per heavy atom. The third-order valence-electron chi connectivity index (χ3n) is 4.97. The number of alkyl halides is 3. The summed E-state index contributed by atoms with van der Waals surface area (Å²) in [5, 5.41) is 6.22. The van der Waals surface area contributed by atoms with Gasteiger partial charge in [-0.1, -0.05) is 11.6 Å². The lowest BCUT2D eigenvalue weighted by atomic mass is 10.1. The van der Waals surface area contributed by atoms with Crippen molar-refractivity contribution in [2.45, 2.75) is 19.1 Å².